The van der Waals surface area contributed by atoms with Crippen molar-refractivity contribution in [1.82, 2.24) is 0 Å². The number of ether oxygens (including phenoxy) is 1. The van der Waals surface area contributed by atoms with E-state index in [1.165, 1.54) is 6.07 Å². The number of carbonyl (C=O) groups excluding carboxylic acids is 1. The number of hydrogen-bond acceptors (Lipinski definition) is 4. The summed E-state index contributed by atoms with van der Waals surface area (Å²) in [5.74, 6) is 0.479. The molecule has 0 bridgehead atoms. The van der Waals surface area contributed by atoms with Gasteiger partial charge in [0.1, 0.15) is 12.4 Å². The summed E-state index contributed by atoms with van der Waals surface area (Å²) in [5.41, 5.74) is 1.19. The molecule has 4 nitrogen and oxygen atoms in total. The number of carbonyl (C=O) groups is 1. The zero-order valence-electron chi connectivity index (χ0n) is 10.9. The molecule has 0 saturated heterocycles. The lowest BCUT2D eigenvalue weighted by atomic mass is 10.2. The minimum absolute atomic E-state index is 0.203. The van der Waals surface area contributed by atoms with Crippen LogP contribution in [0.5, 0.6) is 5.75 Å². The second-order valence-corrected chi connectivity index (χ2v) is 6.38. The monoisotopic (exact) mass is 290 g/mol. The number of hydrogen-bond donors (Lipinski definition) is 0. The Bertz CT molecular complexity index is 720. The van der Waals surface area contributed by atoms with E-state index in [0.29, 0.717) is 11.3 Å². The molecule has 0 amide bonds. The minimum atomic E-state index is -3.23. The molecule has 0 fully saturated rings. The average molecular weight is 290 g/mol. The lowest BCUT2D eigenvalue weighted by Gasteiger charge is -2.09. The van der Waals surface area contributed by atoms with Crippen LogP contribution in [0.3, 0.4) is 0 Å². The lowest BCUT2D eigenvalue weighted by Crippen LogP contribution is -2.01. The van der Waals surface area contributed by atoms with E-state index in [-0.39, 0.29) is 11.5 Å². The molecule has 0 aliphatic rings. The molecule has 0 aliphatic heterocycles. The van der Waals surface area contributed by atoms with Gasteiger partial charge in [-0.2, -0.15) is 0 Å². The SMILES string of the molecule is CS(=O)(=O)c1cccc(COc2ccccc2C=O)c1. The highest BCUT2D eigenvalue weighted by molar-refractivity contribution is 7.90. The van der Waals surface area contributed by atoms with Crippen molar-refractivity contribution in [3.05, 3.63) is 59.7 Å². The normalized spacial score (nSPS) is 11.1. The van der Waals surface area contributed by atoms with E-state index < -0.39 is 9.84 Å². The van der Waals surface area contributed by atoms with Crippen molar-refractivity contribution in [2.75, 3.05) is 6.26 Å². The largest absolute Gasteiger partial charge is 0.488 e. The zero-order valence-corrected chi connectivity index (χ0v) is 11.8. The molecule has 20 heavy (non-hydrogen) atoms. The van der Waals surface area contributed by atoms with Gasteiger partial charge in [-0.1, -0.05) is 24.3 Å². The second kappa shape index (κ2) is 5.88. The van der Waals surface area contributed by atoms with Crippen LogP contribution in [-0.4, -0.2) is 21.0 Å². The molecule has 2 aromatic rings. The van der Waals surface area contributed by atoms with Gasteiger partial charge in [0.2, 0.25) is 0 Å². The van der Waals surface area contributed by atoms with E-state index in [9.17, 15) is 13.2 Å². The number of benzene rings is 2. The quantitative estimate of drug-likeness (QED) is 0.794. The Morgan fingerprint density at radius 2 is 1.85 bits per heavy atom. The molecule has 0 spiro atoms. The Hall–Kier alpha value is -2.14. The Kier molecular flexibility index (Phi) is 4.20. The van der Waals surface area contributed by atoms with Crippen LogP contribution in [0.2, 0.25) is 0 Å². The highest BCUT2D eigenvalue weighted by Gasteiger charge is 2.08. The van der Waals surface area contributed by atoms with E-state index in [1.807, 2.05) is 0 Å². The fourth-order valence-corrected chi connectivity index (χ4v) is 2.43. The van der Waals surface area contributed by atoms with Crippen molar-refractivity contribution in [3.8, 4) is 5.75 Å². The number of rotatable bonds is 5. The third-order valence-corrected chi connectivity index (χ3v) is 3.88. The maximum absolute atomic E-state index is 11.5. The Labute approximate surface area is 117 Å². The van der Waals surface area contributed by atoms with Gasteiger partial charge in [0.15, 0.2) is 16.1 Å². The van der Waals surface area contributed by atoms with Crippen LogP contribution in [0, 0.1) is 0 Å². The highest BCUT2D eigenvalue weighted by Crippen LogP contribution is 2.18. The van der Waals surface area contributed by atoms with Gasteiger partial charge in [-0.25, -0.2) is 8.42 Å². The van der Waals surface area contributed by atoms with Crippen molar-refractivity contribution >= 4 is 16.1 Å². The van der Waals surface area contributed by atoms with Gasteiger partial charge < -0.3 is 4.74 Å². The van der Waals surface area contributed by atoms with Crippen LogP contribution >= 0.6 is 0 Å². The first-order chi connectivity index (χ1) is 9.50. The van der Waals surface area contributed by atoms with Crippen molar-refractivity contribution in [3.63, 3.8) is 0 Å². The first-order valence-electron chi connectivity index (χ1n) is 5.97. The lowest BCUT2D eigenvalue weighted by molar-refractivity contribution is 0.111. The first kappa shape index (κ1) is 14.3. The van der Waals surface area contributed by atoms with Gasteiger partial charge in [0, 0.05) is 6.26 Å². The van der Waals surface area contributed by atoms with E-state index >= 15 is 0 Å². The summed E-state index contributed by atoms with van der Waals surface area (Å²) in [6.07, 6.45) is 1.89. The third kappa shape index (κ3) is 3.45. The van der Waals surface area contributed by atoms with Crippen molar-refractivity contribution in [1.29, 1.82) is 0 Å². The molecule has 2 aromatic carbocycles. The number of para-hydroxylation sites is 1. The minimum Gasteiger partial charge on any atom is -0.488 e. The van der Waals surface area contributed by atoms with Gasteiger partial charge in [-0.3, -0.25) is 4.79 Å². The van der Waals surface area contributed by atoms with E-state index in [4.69, 9.17) is 4.74 Å². The summed E-state index contributed by atoms with van der Waals surface area (Å²) in [5, 5.41) is 0. The zero-order chi connectivity index (χ0) is 14.6. The summed E-state index contributed by atoms with van der Waals surface area (Å²) in [7, 11) is -3.23. The summed E-state index contributed by atoms with van der Waals surface area (Å²) in [4.78, 5) is 11.1. The summed E-state index contributed by atoms with van der Waals surface area (Å²) < 4.78 is 28.5. The molecule has 0 unspecified atom stereocenters. The summed E-state index contributed by atoms with van der Waals surface area (Å²) in [6, 6.07) is 13.4. The molecule has 0 N–H and O–H groups in total. The third-order valence-electron chi connectivity index (χ3n) is 2.77. The molecular formula is C15H14O4S. The standard InChI is InChI=1S/C15H14O4S/c1-20(17,18)14-7-4-5-12(9-14)11-19-15-8-3-2-6-13(15)10-16/h2-10H,11H2,1H3. The van der Waals surface area contributed by atoms with Crippen LogP contribution in [0.25, 0.3) is 0 Å². The second-order valence-electron chi connectivity index (χ2n) is 4.36. The predicted octanol–water partition coefficient (Wildman–Crippen LogP) is 2.48. The molecule has 0 radical (unpaired) electrons. The number of aldehydes is 1. The van der Waals surface area contributed by atoms with Gasteiger partial charge in [0.05, 0.1) is 10.5 Å². The maximum atomic E-state index is 11.5. The van der Waals surface area contributed by atoms with E-state index in [0.717, 1.165) is 18.1 Å². The van der Waals surface area contributed by atoms with E-state index in [2.05, 4.69) is 0 Å². The maximum Gasteiger partial charge on any atom is 0.175 e. The van der Waals surface area contributed by atoms with Crippen LogP contribution in [0.4, 0.5) is 0 Å². The predicted molar refractivity (Wildman–Crippen MR) is 75.7 cm³/mol. The molecule has 0 heterocycles. The molecule has 2 rings (SSSR count). The molecule has 104 valence electrons. The van der Waals surface area contributed by atoms with Gasteiger partial charge in [-0.05, 0) is 29.8 Å². The molecular weight excluding hydrogens is 276 g/mol. The molecule has 0 aliphatic carbocycles. The smallest absolute Gasteiger partial charge is 0.175 e. The summed E-state index contributed by atoms with van der Waals surface area (Å²) >= 11 is 0. The molecule has 0 atom stereocenters. The van der Waals surface area contributed by atoms with Crippen molar-refractivity contribution in [2.45, 2.75) is 11.5 Å². The highest BCUT2D eigenvalue weighted by atomic mass is 32.2. The topological polar surface area (TPSA) is 60.4 Å². The van der Waals surface area contributed by atoms with E-state index in [1.54, 1.807) is 42.5 Å². The Morgan fingerprint density at radius 3 is 2.55 bits per heavy atom. The Balaban J connectivity index is 2.17. The average Bonchev–Trinajstić information content (AvgIpc) is 2.45. The van der Waals surface area contributed by atoms with Gasteiger partial charge in [-0.15, -0.1) is 0 Å². The van der Waals surface area contributed by atoms with Crippen LogP contribution < -0.4 is 4.74 Å². The van der Waals surface area contributed by atoms with Crippen molar-refractivity contribution in [2.24, 2.45) is 0 Å². The van der Waals surface area contributed by atoms with Crippen molar-refractivity contribution < 1.29 is 17.9 Å². The van der Waals surface area contributed by atoms with Gasteiger partial charge in [0.25, 0.3) is 0 Å². The van der Waals surface area contributed by atoms with Crippen LogP contribution in [-0.2, 0) is 16.4 Å². The fourth-order valence-electron chi connectivity index (χ4n) is 1.74. The van der Waals surface area contributed by atoms with Crippen LogP contribution in [0.15, 0.2) is 53.4 Å². The molecule has 0 saturated carbocycles. The number of sulfone groups is 1. The molecule has 5 heteroatoms. The molecule has 0 aromatic heterocycles. The Morgan fingerprint density at radius 1 is 1.10 bits per heavy atom. The summed E-state index contributed by atoms with van der Waals surface area (Å²) in [6.45, 7) is 0.203. The fraction of sp³-hybridized carbons (Fsp3) is 0.133. The van der Waals surface area contributed by atoms with Gasteiger partial charge >= 0.3 is 0 Å². The van der Waals surface area contributed by atoms with Crippen LogP contribution in [0.1, 0.15) is 15.9 Å². The first-order valence-corrected chi connectivity index (χ1v) is 7.86.